The predicted molar refractivity (Wildman–Crippen MR) is 65.6 cm³/mol. The molecule has 1 aromatic rings. The second kappa shape index (κ2) is 6.30. The second-order valence-electron chi connectivity index (χ2n) is 4.24. The molecule has 0 radical (unpaired) electrons. The molecule has 0 atom stereocenters. The fraction of sp³-hybridized carbons (Fsp3) is 0.636. The van der Waals surface area contributed by atoms with Crippen LogP contribution in [-0.4, -0.2) is 33.5 Å². The summed E-state index contributed by atoms with van der Waals surface area (Å²) in [7, 11) is 0. The van der Waals surface area contributed by atoms with Crippen LogP contribution in [0.5, 0.6) is 0 Å². The van der Waals surface area contributed by atoms with Crippen molar-refractivity contribution < 1.29 is 4.79 Å². The van der Waals surface area contributed by atoms with Gasteiger partial charge in [0.1, 0.15) is 4.88 Å². The Kier molecular flexibility index (Phi) is 5.04. The van der Waals surface area contributed by atoms with Gasteiger partial charge < -0.3 is 4.90 Å². The first-order valence-corrected chi connectivity index (χ1v) is 6.28. The van der Waals surface area contributed by atoms with Crippen LogP contribution in [0.3, 0.4) is 0 Å². The van der Waals surface area contributed by atoms with E-state index in [9.17, 15) is 4.79 Å². The monoisotopic (exact) mass is 252 g/mol. The van der Waals surface area contributed by atoms with Gasteiger partial charge >= 0.3 is 0 Å². The Morgan fingerprint density at radius 2 is 2.29 bits per heavy atom. The lowest BCUT2D eigenvalue weighted by molar-refractivity contribution is 0.0744. The number of carbonyl (C=O) groups is 1. The van der Waals surface area contributed by atoms with Gasteiger partial charge in [0.2, 0.25) is 0 Å². The van der Waals surface area contributed by atoms with E-state index < -0.39 is 0 Å². The van der Waals surface area contributed by atoms with Crippen LogP contribution >= 0.6 is 11.5 Å². The first-order valence-electron chi connectivity index (χ1n) is 5.51. The molecule has 0 aliphatic carbocycles. The molecule has 6 heteroatoms. The van der Waals surface area contributed by atoms with Crippen LogP contribution in [0.15, 0.2) is 0 Å². The van der Waals surface area contributed by atoms with E-state index in [0.717, 1.165) is 11.5 Å². The molecule has 1 heterocycles. The lowest BCUT2D eigenvalue weighted by Gasteiger charge is -2.22. The molecule has 1 rings (SSSR count). The van der Waals surface area contributed by atoms with Gasteiger partial charge in [0.15, 0.2) is 0 Å². The average molecular weight is 252 g/mol. The maximum Gasteiger partial charge on any atom is 0.267 e. The highest BCUT2D eigenvalue weighted by Gasteiger charge is 2.20. The predicted octanol–water partition coefficient (Wildman–Crippen LogP) is 1.86. The Labute approximate surface area is 105 Å². The second-order valence-corrected chi connectivity index (χ2v) is 4.99. The van der Waals surface area contributed by atoms with Crippen LogP contribution < -0.4 is 0 Å². The Morgan fingerprint density at radius 3 is 2.76 bits per heavy atom. The highest BCUT2D eigenvalue weighted by molar-refractivity contribution is 7.07. The fourth-order valence-corrected chi connectivity index (χ4v) is 2.10. The minimum absolute atomic E-state index is 0.0681. The van der Waals surface area contributed by atoms with Gasteiger partial charge in [-0.2, -0.15) is 5.26 Å². The van der Waals surface area contributed by atoms with E-state index in [1.165, 1.54) is 0 Å². The standard InChI is InChI=1S/C11H16N4OS/c1-8(2)7-15(6-4-5-12)11(16)10-9(3)13-14-17-10/h8H,4,6-7H2,1-3H3. The first kappa shape index (κ1) is 13.6. The van der Waals surface area contributed by atoms with Crippen LogP contribution in [0.4, 0.5) is 0 Å². The van der Waals surface area contributed by atoms with Gasteiger partial charge in [-0.15, -0.1) is 5.10 Å². The van der Waals surface area contributed by atoms with E-state index in [4.69, 9.17) is 5.26 Å². The van der Waals surface area contributed by atoms with Crippen LogP contribution in [0.25, 0.3) is 0 Å². The van der Waals surface area contributed by atoms with E-state index in [-0.39, 0.29) is 5.91 Å². The summed E-state index contributed by atoms with van der Waals surface area (Å²) in [6.45, 7) is 6.98. The highest BCUT2D eigenvalue weighted by Crippen LogP contribution is 2.14. The lowest BCUT2D eigenvalue weighted by Crippen LogP contribution is -2.34. The van der Waals surface area contributed by atoms with Crippen molar-refractivity contribution in [1.82, 2.24) is 14.5 Å². The number of carbonyl (C=O) groups excluding carboxylic acids is 1. The summed E-state index contributed by atoms with van der Waals surface area (Å²) >= 11 is 1.11. The van der Waals surface area contributed by atoms with E-state index >= 15 is 0 Å². The maximum absolute atomic E-state index is 12.2. The van der Waals surface area contributed by atoms with E-state index in [0.29, 0.717) is 36.0 Å². The molecule has 0 aliphatic rings. The van der Waals surface area contributed by atoms with Gasteiger partial charge in [-0.05, 0) is 24.4 Å². The third-order valence-corrected chi connectivity index (χ3v) is 3.03. The van der Waals surface area contributed by atoms with Gasteiger partial charge in [-0.1, -0.05) is 18.3 Å². The normalized spacial score (nSPS) is 10.3. The molecular weight excluding hydrogens is 236 g/mol. The van der Waals surface area contributed by atoms with Gasteiger partial charge in [0, 0.05) is 13.1 Å². The Morgan fingerprint density at radius 1 is 1.59 bits per heavy atom. The SMILES string of the molecule is Cc1nnsc1C(=O)N(CCC#N)CC(C)C. The number of aryl methyl sites for hydroxylation is 1. The molecule has 0 fully saturated rings. The number of aromatic nitrogens is 2. The number of nitriles is 1. The smallest absolute Gasteiger partial charge is 0.267 e. The Hall–Kier alpha value is -1.48. The molecule has 0 saturated carbocycles. The summed E-state index contributed by atoms with van der Waals surface area (Å²) in [5.74, 6) is 0.306. The summed E-state index contributed by atoms with van der Waals surface area (Å²) in [6, 6.07) is 2.06. The summed E-state index contributed by atoms with van der Waals surface area (Å²) in [4.78, 5) is 14.5. The molecule has 0 spiro atoms. The van der Waals surface area contributed by atoms with Crippen molar-refractivity contribution in [2.24, 2.45) is 5.92 Å². The molecular formula is C11H16N4OS. The van der Waals surface area contributed by atoms with Crippen molar-refractivity contribution in [3.05, 3.63) is 10.6 Å². The number of amides is 1. The first-order chi connectivity index (χ1) is 8.06. The summed E-state index contributed by atoms with van der Waals surface area (Å²) in [6.07, 6.45) is 0.351. The molecule has 0 bridgehead atoms. The average Bonchev–Trinajstić information content (AvgIpc) is 2.69. The third-order valence-electron chi connectivity index (χ3n) is 2.21. The zero-order chi connectivity index (χ0) is 12.8. The zero-order valence-electron chi connectivity index (χ0n) is 10.3. The lowest BCUT2D eigenvalue weighted by atomic mass is 10.2. The molecule has 92 valence electrons. The van der Waals surface area contributed by atoms with Crippen molar-refractivity contribution >= 4 is 17.4 Å². The molecule has 1 amide bonds. The molecule has 0 N–H and O–H groups in total. The molecule has 0 unspecified atom stereocenters. The topological polar surface area (TPSA) is 69.9 Å². The van der Waals surface area contributed by atoms with Crippen molar-refractivity contribution in [3.63, 3.8) is 0 Å². The van der Waals surface area contributed by atoms with E-state index in [1.807, 2.05) is 13.8 Å². The summed E-state index contributed by atoms with van der Waals surface area (Å²) in [5.41, 5.74) is 0.658. The largest absolute Gasteiger partial charge is 0.337 e. The van der Waals surface area contributed by atoms with E-state index in [2.05, 4.69) is 15.7 Å². The molecule has 5 nitrogen and oxygen atoms in total. The fourth-order valence-electron chi connectivity index (χ4n) is 1.47. The molecule has 17 heavy (non-hydrogen) atoms. The Bertz CT molecular complexity index is 421. The van der Waals surface area contributed by atoms with Crippen molar-refractivity contribution in [2.75, 3.05) is 13.1 Å². The third kappa shape index (κ3) is 3.79. The van der Waals surface area contributed by atoms with Crippen LogP contribution in [0.2, 0.25) is 0 Å². The maximum atomic E-state index is 12.2. The van der Waals surface area contributed by atoms with Crippen molar-refractivity contribution in [2.45, 2.75) is 27.2 Å². The molecule has 0 aromatic carbocycles. The molecule has 0 saturated heterocycles. The number of hydrogen-bond acceptors (Lipinski definition) is 5. The van der Waals surface area contributed by atoms with Crippen molar-refractivity contribution in [3.8, 4) is 6.07 Å². The Balaban J connectivity index is 2.79. The summed E-state index contributed by atoms with van der Waals surface area (Å²) < 4.78 is 3.76. The number of nitrogens with zero attached hydrogens (tertiary/aromatic N) is 4. The van der Waals surface area contributed by atoms with Crippen molar-refractivity contribution in [1.29, 1.82) is 5.26 Å². The van der Waals surface area contributed by atoms with Crippen LogP contribution in [-0.2, 0) is 0 Å². The van der Waals surface area contributed by atoms with Gasteiger partial charge in [-0.25, -0.2) is 0 Å². The zero-order valence-corrected chi connectivity index (χ0v) is 11.1. The van der Waals surface area contributed by atoms with Gasteiger partial charge in [-0.3, -0.25) is 4.79 Å². The van der Waals surface area contributed by atoms with Crippen LogP contribution in [0.1, 0.15) is 35.6 Å². The number of rotatable bonds is 5. The van der Waals surface area contributed by atoms with Crippen LogP contribution in [0, 0.1) is 24.2 Å². The highest BCUT2D eigenvalue weighted by atomic mass is 32.1. The van der Waals surface area contributed by atoms with E-state index in [1.54, 1.807) is 11.8 Å². The van der Waals surface area contributed by atoms with Gasteiger partial charge in [0.25, 0.3) is 5.91 Å². The number of hydrogen-bond donors (Lipinski definition) is 0. The minimum Gasteiger partial charge on any atom is -0.337 e. The van der Waals surface area contributed by atoms with Gasteiger partial charge in [0.05, 0.1) is 18.2 Å². The molecule has 0 aliphatic heterocycles. The minimum atomic E-state index is -0.0681. The molecule has 1 aromatic heterocycles. The summed E-state index contributed by atoms with van der Waals surface area (Å²) in [5, 5.41) is 12.4. The quantitative estimate of drug-likeness (QED) is 0.802.